The number of carbonyl (C=O) groups excluding carboxylic acids is 2. The third-order valence-electron chi connectivity index (χ3n) is 6.35. The number of hydrogen-bond donors (Lipinski definition) is 0. The Bertz CT molecular complexity index is 994. The quantitative estimate of drug-likeness (QED) is 0.646. The topological polar surface area (TPSA) is 43.9 Å². The van der Waals surface area contributed by atoms with Crippen molar-refractivity contribution in [1.82, 2.24) is 9.80 Å². The van der Waals surface area contributed by atoms with Gasteiger partial charge in [-0.05, 0) is 55.3 Å². The summed E-state index contributed by atoms with van der Waals surface area (Å²) >= 11 is 0. The number of rotatable bonds is 3. The third-order valence-corrected chi connectivity index (χ3v) is 6.35. The summed E-state index contributed by atoms with van der Waals surface area (Å²) in [5, 5.41) is 0. The van der Waals surface area contributed by atoms with Crippen molar-refractivity contribution in [2.24, 2.45) is 5.92 Å². The van der Waals surface area contributed by atoms with Crippen molar-refractivity contribution < 1.29 is 27.2 Å². The molecule has 0 aromatic heterocycles. The Balaban J connectivity index is 1.28. The molecule has 2 heterocycles. The average Bonchev–Trinajstić information content (AvgIpc) is 2.83. The number of carbonyl (C=O) groups is 2. The molecule has 5 nitrogen and oxygen atoms in total. The highest BCUT2D eigenvalue weighted by Crippen LogP contribution is 2.32. The van der Waals surface area contributed by atoms with E-state index in [9.17, 15) is 27.2 Å². The lowest BCUT2D eigenvalue weighted by Crippen LogP contribution is -2.52. The molecular weight excluding hydrogens is 438 g/mol. The van der Waals surface area contributed by atoms with Crippen molar-refractivity contribution in [3.63, 3.8) is 0 Å². The van der Waals surface area contributed by atoms with Gasteiger partial charge in [0.25, 0.3) is 5.91 Å². The fourth-order valence-corrected chi connectivity index (χ4v) is 4.43. The van der Waals surface area contributed by atoms with Gasteiger partial charge in [-0.1, -0.05) is 6.07 Å². The molecule has 0 N–H and O–H groups in total. The van der Waals surface area contributed by atoms with Crippen molar-refractivity contribution >= 4 is 17.5 Å². The monoisotopic (exact) mass is 463 g/mol. The van der Waals surface area contributed by atoms with Gasteiger partial charge in [-0.15, -0.1) is 0 Å². The molecule has 2 aromatic rings. The molecule has 0 atom stereocenters. The number of likely N-dealkylation sites (tertiary alicyclic amines) is 1. The number of piperidine rings is 1. The lowest BCUT2D eigenvalue weighted by molar-refractivity contribution is -0.138. The summed E-state index contributed by atoms with van der Waals surface area (Å²) in [5.41, 5.74) is 0.247. The van der Waals surface area contributed by atoms with Crippen LogP contribution in [-0.4, -0.2) is 60.9 Å². The van der Waals surface area contributed by atoms with Crippen molar-refractivity contribution in [3.05, 3.63) is 65.5 Å². The van der Waals surface area contributed by atoms with Crippen LogP contribution in [0.1, 0.15) is 28.8 Å². The highest BCUT2D eigenvalue weighted by atomic mass is 19.4. The van der Waals surface area contributed by atoms with Crippen LogP contribution in [0.25, 0.3) is 0 Å². The van der Waals surface area contributed by atoms with Crippen LogP contribution in [-0.2, 0) is 11.0 Å². The molecule has 0 spiro atoms. The molecule has 2 fully saturated rings. The average molecular weight is 463 g/mol. The highest BCUT2D eigenvalue weighted by Gasteiger charge is 2.33. The number of amides is 2. The van der Waals surface area contributed by atoms with Gasteiger partial charge >= 0.3 is 6.18 Å². The second kappa shape index (κ2) is 9.41. The Hall–Kier alpha value is -3.10. The summed E-state index contributed by atoms with van der Waals surface area (Å²) in [5.74, 6) is -0.713. The number of alkyl halides is 3. The summed E-state index contributed by atoms with van der Waals surface area (Å²) in [6, 6.07) is 10.7. The van der Waals surface area contributed by atoms with Crippen LogP contribution < -0.4 is 4.90 Å². The van der Waals surface area contributed by atoms with Crippen molar-refractivity contribution in [2.75, 3.05) is 44.2 Å². The van der Waals surface area contributed by atoms with E-state index in [-0.39, 0.29) is 17.7 Å². The fraction of sp³-hybridized carbons (Fsp3) is 0.417. The lowest BCUT2D eigenvalue weighted by Gasteiger charge is -2.39. The maximum Gasteiger partial charge on any atom is 0.416 e. The van der Waals surface area contributed by atoms with E-state index in [1.807, 2.05) is 4.90 Å². The fourth-order valence-electron chi connectivity index (χ4n) is 4.43. The van der Waals surface area contributed by atoms with E-state index in [4.69, 9.17) is 0 Å². The zero-order chi connectivity index (χ0) is 23.6. The summed E-state index contributed by atoms with van der Waals surface area (Å²) in [6.45, 7) is 2.74. The van der Waals surface area contributed by atoms with Crippen LogP contribution in [0.3, 0.4) is 0 Å². The molecule has 176 valence electrons. The molecule has 0 unspecified atom stereocenters. The van der Waals surface area contributed by atoms with Crippen LogP contribution in [0.2, 0.25) is 0 Å². The van der Waals surface area contributed by atoms with E-state index >= 15 is 0 Å². The van der Waals surface area contributed by atoms with Crippen molar-refractivity contribution in [3.8, 4) is 0 Å². The van der Waals surface area contributed by atoms with Crippen LogP contribution in [0.4, 0.5) is 23.2 Å². The van der Waals surface area contributed by atoms with Gasteiger partial charge in [-0.25, -0.2) is 4.39 Å². The van der Waals surface area contributed by atoms with Gasteiger partial charge < -0.3 is 14.7 Å². The summed E-state index contributed by atoms with van der Waals surface area (Å²) in [6.07, 6.45) is -3.28. The van der Waals surface area contributed by atoms with E-state index in [1.165, 1.54) is 30.3 Å². The maximum atomic E-state index is 13.1. The predicted molar refractivity (Wildman–Crippen MR) is 115 cm³/mol. The van der Waals surface area contributed by atoms with Crippen molar-refractivity contribution in [2.45, 2.75) is 19.0 Å². The minimum Gasteiger partial charge on any atom is -0.368 e. The molecule has 0 bridgehead atoms. The number of nitrogens with zero attached hydrogens (tertiary/aromatic N) is 3. The van der Waals surface area contributed by atoms with Gasteiger partial charge in [0.2, 0.25) is 5.91 Å². The summed E-state index contributed by atoms with van der Waals surface area (Å²) in [7, 11) is 0. The Morgan fingerprint density at radius 2 is 1.45 bits per heavy atom. The predicted octanol–water partition coefficient (Wildman–Crippen LogP) is 4.05. The van der Waals surface area contributed by atoms with Gasteiger partial charge in [-0.3, -0.25) is 9.59 Å². The molecule has 9 heteroatoms. The van der Waals surface area contributed by atoms with E-state index in [0.717, 1.165) is 12.1 Å². The molecule has 0 aliphatic carbocycles. The second-order valence-corrected chi connectivity index (χ2v) is 8.43. The second-order valence-electron chi connectivity index (χ2n) is 8.43. The van der Waals surface area contributed by atoms with E-state index in [2.05, 4.69) is 0 Å². The molecule has 2 aliphatic rings. The number of hydrogen-bond acceptors (Lipinski definition) is 3. The highest BCUT2D eigenvalue weighted by molar-refractivity contribution is 5.94. The molecule has 2 aliphatic heterocycles. The zero-order valence-corrected chi connectivity index (χ0v) is 18.0. The zero-order valence-electron chi connectivity index (χ0n) is 18.0. The standard InChI is InChI=1S/C24H25F4N3O2/c25-20-6-4-17(5-7-20)22(32)30-10-8-18(9-11-30)23(33)31-14-12-29(13-15-31)21-3-1-2-19(16-21)24(26,27)28/h1-7,16,18H,8-15H2. The minimum absolute atomic E-state index is 0.0348. The Morgan fingerprint density at radius 1 is 0.818 bits per heavy atom. The molecule has 4 rings (SSSR count). The van der Waals surface area contributed by atoms with Crippen LogP contribution in [0.15, 0.2) is 48.5 Å². The molecule has 2 aromatic carbocycles. The molecule has 0 saturated carbocycles. The Kier molecular flexibility index (Phi) is 6.58. The third kappa shape index (κ3) is 5.29. The van der Waals surface area contributed by atoms with E-state index < -0.39 is 17.6 Å². The van der Waals surface area contributed by atoms with Crippen molar-refractivity contribution in [1.29, 1.82) is 0 Å². The lowest BCUT2D eigenvalue weighted by atomic mass is 9.94. The number of halogens is 4. The molecule has 0 radical (unpaired) electrons. The first-order chi connectivity index (χ1) is 15.7. The molecular formula is C24H25F4N3O2. The van der Waals surface area contributed by atoms with Gasteiger partial charge in [0.05, 0.1) is 5.56 Å². The molecule has 2 saturated heterocycles. The largest absolute Gasteiger partial charge is 0.416 e. The Morgan fingerprint density at radius 3 is 2.06 bits per heavy atom. The SMILES string of the molecule is O=C(c1ccc(F)cc1)N1CCC(C(=O)N2CCN(c3cccc(C(F)(F)F)c3)CC2)CC1. The first-order valence-electron chi connectivity index (χ1n) is 11.0. The summed E-state index contributed by atoms with van der Waals surface area (Å²) in [4.78, 5) is 30.9. The normalized spacial score (nSPS) is 17.9. The van der Waals surface area contributed by atoms with Gasteiger partial charge in [0, 0.05) is 56.4 Å². The smallest absolute Gasteiger partial charge is 0.368 e. The van der Waals surface area contributed by atoms with E-state index in [1.54, 1.807) is 15.9 Å². The Labute approximate surface area is 189 Å². The number of benzene rings is 2. The number of piperazine rings is 1. The van der Waals surface area contributed by atoms with Gasteiger partial charge in [0.15, 0.2) is 0 Å². The van der Waals surface area contributed by atoms with Crippen LogP contribution >= 0.6 is 0 Å². The number of anilines is 1. The minimum atomic E-state index is -4.39. The van der Waals surface area contributed by atoms with Crippen LogP contribution in [0.5, 0.6) is 0 Å². The van der Waals surface area contributed by atoms with Gasteiger partial charge in [0.1, 0.15) is 5.82 Å². The van der Waals surface area contributed by atoms with Crippen LogP contribution in [0, 0.1) is 11.7 Å². The molecule has 2 amide bonds. The maximum absolute atomic E-state index is 13.1. The first kappa shape index (κ1) is 23.1. The summed E-state index contributed by atoms with van der Waals surface area (Å²) < 4.78 is 52.0. The van der Waals surface area contributed by atoms with Gasteiger partial charge in [-0.2, -0.15) is 13.2 Å². The molecule has 33 heavy (non-hydrogen) atoms. The van der Waals surface area contributed by atoms with E-state index in [0.29, 0.717) is 63.4 Å². The first-order valence-corrected chi connectivity index (χ1v) is 11.0.